The summed E-state index contributed by atoms with van der Waals surface area (Å²) < 4.78 is 5.47. The van der Waals surface area contributed by atoms with Gasteiger partial charge >= 0.3 is 0 Å². The largest absolute Gasteiger partial charge is 0.496 e. The maximum absolute atomic E-state index is 13.5. The second-order valence-corrected chi connectivity index (χ2v) is 10.4. The summed E-state index contributed by atoms with van der Waals surface area (Å²) in [5.74, 6) is 1.63. The van der Waals surface area contributed by atoms with Gasteiger partial charge in [0.05, 0.1) is 19.4 Å². The molecule has 2 saturated carbocycles. The number of amides is 2. The molecule has 1 aliphatic heterocycles. The Balaban J connectivity index is 1.29. The van der Waals surface area contributed by atoms with Crippen LogP contribution in [0.15, 0.2) is 53.7 Å². The SMILES string of the molecule is CON=C1C[C@@H](CC(=O)N[C@H]2[C@@H]3CC[C@@H](C3)[C@H]2CO)N(C(=O)c2ccc(-c3ccccc3OC)cc2)C1. The lowest BCUT2D eigenvalue weighted by atomic mass is 9.85. The Morgan fingerprint density at radius 1 is 1.08 bits per heavy atom. The third-order valence-electron chi connectivity index (χ3n) is 8.34. The van der Waals surface area contributed by atoms with Crippen LogP contribution in [0.4, 0.5) is 0 Å². The highest BCUT2D eigenvalue weighted by Gasteiger charge is 2.48. The summed E-state index contributed by atoms with van der Waals surface area (Å²) in [7, 11) is 3.13. The monoisotopic (exact) mass is 505 g/mol. The van der Waals surface area contributed by atoms with E-state index >= 15 is 0 Å². The van der Waals surface area contributed by atoms with E-state index < -0.39 is 0 Å². The van der Waals surface area contributed by atoms with Crippen LogP contribution in [0.2, 0.25) is 0 Å². The zero-order chi connectivity index (χ0) is 25.9. The predicted molar refractivity (Wildman–Crippen MR) is 140 cm³/mol. The average molecular weight is 506 g/mol. The number of aliphatic hydroxyl groups excluding tert-OH is 1. The van der Waals surface area contributed by atoms with Gasteiger partial charge in [0.2, 0.25) is 5.91 Å². The number of aliphatic hydroxyl groups is 1. The van der Waals surface area contributed by atoms with E-state index in [1.54, 1.807) is 12.0 Å². The first-order valence-electron chi connectivity index (χ1n) is 13.1. The Bertz CT molecular complexity index is 1160. The molecular weight excluding hydrogens is 470 g/mol. The summed E-state index contributed by atoms with van der Waals surface area (Å²) in [5, 5.41) is 17.2. The fraction of sp³-hybridized carbons (Fsp3) is 0.483. The number of methoxy groups -OCH3 is 1. The topological polar surface area (TPSA) is 100 Å². The minimum absolute atomic E-state index is 0.0245. The average Bonchev–Trinajstić information content (AvgIpc) is 3.64. The minimum Gasteiger partial charge on any atom is -0.496 e. The van der Waals surface area contributed by atoms with Crippen LogP contribution in [0.5, 0.6) is 5.75 Å². The molecule has 2 aliphatic carbocycles. The van der Waals surface area contributed by atoms with Crippen molar-refractivity contribution in [2.24, 2.45) is 22.9 Å². The van der Waals surface area contributed by atoms with E-state index in [0.29, 0.717) is 30.4 Å². The molecule has 8 nitrogen and oxygen atoms in total. The Hall–Kier alpha value is -3.39. The van der Waals surface area contributed by atoms with Gasteiger partial charge in [-0.2, -0.15) is 0 Å². The summed E-state index contributed by atoms with van der Waals surface area (Å²) in [6.07, 6.45) is 4.02. The van der Waals surface area contributed by atoms with Crippen LogP contribution < -0.4 is 10.1 Å². The standard InChI is InChI=1S/C29H35N3O5/c1-36-26-6-4-3-5-24(26)18-7-9-19(10-8-18)29(35)32-16-22(31-37-2)14-23(32)15-27(34)30-28-21-12-11-20(13-21)25(28)17-33/h3-10,20-21,23,25,28,33H,11-17H2,1-2H3,(H,30,34)/t20-,21+,23-,25+,28-/m0/s1. The van der Waals surface area contributed by atoms with Crippen LogP contribution in [-0.2, 0) is 9.63 Å². The molecule has 0 aromatic heterocycles. The van der Waals surface area contributed by atoms with Crippen molar-refractivity contribution in [3.8, 4) is 16.9 Å². The molecule has 5 atom stereocenters. The van der Waals surface area contributed by atoms with Crippen LogP contribution in [-0.4, -0.2) is 67.0 Å². The van der Waals surface area contributed by atoms with Gasteiger partial charge in [0.1, 0.15) is 12.9 Å². The summed E-state index contributed by atoms with van der Waals surface area (Å²) in [5.41, 5.74) is 3.21. The molecule has 5 rings (SSSR count). The van der Waals surface area contributed by atoms with Gasteiger partial charge < -0.3 is 24.9 Å². The second-order valence-electron chi connectivity index (χ2n) is 10.4. The zero-order valence-corrected chi connectivity index (χ0v) is 21.4. The lowest BCUT2D eigenvalue weighted by molar-refractivity contribution is -0.123. The number of nitrogens with zero attached hydrogens (tertiary/aromatic N) is 2. The van der Waals surface area contributed by atoms with Crippen molar-refractivity contribution in [1.82, 2.24) is 10.2 Å². The number of para-hydroxylation sites is 1. The van der Waals surface area contributed by atoms with E-state index in [2.05, 4.69) is 10.5 Å². The molecule has 3 fully saturated rings. The van der Waals surface area contributed by atoms with Gasteiger partial charge in [-0.15, -0.1) is 0 Å². The summed E-state index contributed by atoms with van der Waals surface area (Å²) >= 11 is 0. The fourth-order valence-electron chi connectivity index (χ4n) is 6.59. The number of carbonyl (C=O) groups excluding carboxylic acids is 2. The third kappa shape index (κ3) is 5.07. The lowest BCUT2D eigenvalue weighted by Crippen LogP contribution is -2.47. The van der Waals surface area contributed by atoms with Gasteiger partial charge in [-0.25, -0.2) is 0 Å². The smallest absolute Gasteiger partial charge is 0.254 e. The highest BCUT2D eigenvalue weighted by molar-refractivity contribution is 6.01. The number of rotatable bonds is 8. The minimum atomic E-state index is -0.304. The van der Waals surface area contributed by atoms with Gasteiger partial charge in [-0.3, -0.25) is 9.59 Å². The van der Waals surface area contributed by atoms with Crippen molar-refractivity contribution in [2.45, 2.75) is 44.2 Å². The van der Waals surface area contributed by atoms with Crippen molar-refractivity contribution in [3.63, 3.8) is 0 Å². The first-order chi connectivity index (χ1) is 18.0. The Labute approximate surface area is 217 Å². The van der Waals surface area contributed by atoms with Crippen LogP contribution in [0.3, 0.4) is 0 Å². The van der Waals surface area contributed by atoms with Gasteiger partial charge in [0, 0.05) is 48.6 Å². The quantitative estimate of drug-likeness (QED) is 0.535. The van der Waals surface area contributed by atoms with Crippen LogP contribution >= 0.6 is 0 Å². The molecule has 0 radical (unpaired) electrons. The molecule has 1 saturated heterocycles. The number of ether oxygens (including phenoxy) is 1. The molecule has 3 aliphatic rings. The molecule has 2 aromatic carbocycles. The maximum atomic E-state index is 13.5. The molecule has 2 bridgehead atoms. The molecule has 196 valence electrons. The Morgan fingerprint density at radius 3 is 2.57 bits per heavy atom. The van der Waals surface area contributed by atoms with Gasteiger partial charge in [0.15, 0.2) is 0 Å². The molecular formula is C29H35N3O5. The predicted octanol–water partition coefficient (Wildman–Crippen LogP) is 3.49. The van der Waals surface area contributed by atoms with Gasteiger partial charge in [0.25, 0.3) is 5.91 Å². The van der Waals surface area contributed by atoms with E-state index in [4.69, 9.17) is 9.57 Å². The van der Waals surface area contributed by atoms with Gasteiger partial charge in [-0.05, 0) is 54.9 Å². The molecule has 1 heterocycles. The summed E-state index contributed by atoms with van der Waals surface area (Å²) in [6.45, 7) is 0.432. The first-order valence-corrected chi connectivity index (χ1v) is 13.1. The zero-order valence-electron chi connectivity index (χ0n) is 21.4. The third-order valence-corrected chi connectivity index (χ3v) is 8.34. The number of fused-ring (bicyclic) bond motifs is 2. The van der Waals surface area contributed by atoms with E-state index in [0.717, 1.165) is 41.9 Å². The molecule has 0 unspecified atom stereocenters. The highest BCUT2D eigenvalue weighted by Crippen LogP contribution is 2.48. The van der Waals surface area contributed by atoms with Crippen molar-refractivity contribution < 1.29 is 24.3 Å². The molecule has 37 heavy (non-hydrogen) atoms. The Kier molecular flexibility index (Phi) is 7.46. The molecule has 0 spiro atoms. The van der Waals surface area contributed by atoms with E-state index in [1.807, 2.05) is 48.5 Å². The molecule has 2 N–H and O–H groups in total. The molecule has 2 amide bonds. The number of oxime groups is 1. The Morgan fingerprint density at radius 2 is 1.84 bits per heavy atom. The summed E-state index contributed by atoms with van der Waals surface area (Å²) in [4.78, 5) is 33.4. The number of hydrogen-bond acceptors (Lipinski definition) is 6. The number of benzene rings is 2. The van der Waals surface area contributed by atoms with E-state index in [-0.39, 0.29) is 42.8 Å². The number of likely N-dealkylation sites (tertiary alicyclic amines) is 1. The van der Waals surface area contributed by atoms with Crippen LogP contribution in [0.25, 0.3) is 11.1 Å². The second kappa shape index (κ2) is 10.9. The van der Waals surface area contributed by atoms with Crippen LogP contribution in [0.1, 0.15) is 42.5 Å². The fourth-order valence-corrected chi connectivity index (χ4v) is 6.59. The summed E-state index contributed by atoms with van der Waals surface area (Å²) in [6, 6.07) is 14.9. The van der Waals surface area contributed by atoms with Gasteiger partial charge in [-0.1, -0.05) is 35.5 Å². The maximum Gasteiger partial charge on any atom is 0.254 e. The van der Waals surface area contributed by atoms with Crippen molar-refractivity contribution >= 4 is 17.5 Å². The van der Waals surface area contributed by atoms with E-state index in [9.17, 15) is 14.7 Å². The van der Waals surface area contributed by atoms with Crippen molar-refractivity contribution in [3.05, 3.63) is 54.1 Å². The highest BCUT2D eigenvalue weighted by atomic mass is 16.6. The van der Waals surface area contributed by atoms with Crippen molar-refractivity contribution in [1.29, 1.82) is 0 Å². The molecule has 8 heteroatoms. The first kappa shape index (κ1) is 25.3. The number of nitrogens with one attached hydrogen (secondary N) is 1. The van der Waals surface area contributed by atoms with Crippen molar-refractivity contribution in [2.75, 3.05) is 27.4 Å². The van der Waals surface area contributed by atoms with E-state index in [1.165, 1.54) is 7.11 Å². The lowest BCUT2D eigenvalue weighted by Gasteiger charge is -2.31. The number of carbonyl (C=O) groups is 2. The molecule has 2 aromatic rings. The number of hydrogen-bond donors (Lipinski definition) is 2. The normalized spacial score (nSPS) is 27.5. The van der Waals surface area contributed by atoms with Crippen LogP contribution in [0, 0.1) is 17.8 Å².